The van der Waals surface area contributed by atoms with Gasteiger partial charge in [0.05, 0.1) is 18.2 Å². The number of aromatic nitrogens is 2. The van der Waals surface area contributed by atoms with E-state index in [9.17, 15) is 4.79 Å². The molecule has 122 valence electrons. The lowest BCUT2D eigenvalue weighted by atomic mass is 10.0. The van der Waals surface area contributed by atoms with Crippen LogP contribution >= 0.6 is 0 Å². The summed E-state index contributed by atoms with van der Waals surface area (Å²) in [5, 5.41) is 7.14. The molecular weight excluding hydrogens is 288 g/mol. The summed E-state index contributed by atoms with van der Waals surface area (Å²) in [6, 6.07) is 10.7. The molecule has 0 aliphatic carbocycles. The van der Waals surface area contributed by atoms with Crippen molar-refractivity contribution in [1.29, 1.82) is 0 Å². The molecule has 1 saturated heterocycles. The van der Waals surface area contributed by atoms with E-state index in [4.69, 9.17) is 0 Å². The van der Waals surface area contributed by atoms with Crippen LogP contribution in [0, 0.1) is 13.8 Å². The number of H-pyrrole nitrogens is 1. The minimum absolute atomic E-state index is 0.187. The zero-order valence-corrected chi connectivity index (χ0v) is 14.0. The van der Waals surface area contributed by atoms with Crippen LogP contribution in [0.2, 0.25) is 0 Å². The van der Waals surface area contributed by atoms with Gasteiger partial charge < -0.3 is 4.90 Å². The van der Waals surface area contributed by atoms with Crippen LogP contribution in [0.15, 0.2) is 30.3 Å². The number of nitrogens with zero attached hydrogens (tertiary/aromatic N) is 3. The van der Waals surface area contributed by atoms with Crippen molar-refractivity contribution in [3.63, 3.8) is 0 Å². The van der Waals surface area contributed by atoms with Crippen LogP contribution in [-0.2, 0) is 11.2 Å². The maximum Gasteiger partial charge on any atom is 0.227 e. The summed E-state index contributed by atoms with van der Waals surface area (Å²) in [6.07, 6.45) is 0.430. The first-order valence-electron chi connectivity index (χ1n) is 8.09. The Morgan fingerprint density at radius 2 is 2.00 bits per heavy atom. The molecule has 0 unspecified atom stereocenters. The van der Waals surface area contributed by atoms with Gasteiger partial charge in [0.2, 0.25) is 5.91 Å². The van der Waals surface area contributed by atoms with E-state index < -0.39 is 0 Å². The minimum Gasteiger partial charge on any atom is -0.339 e. The summed E-state index contributed by atoms with van der Waals surface area (Å²) in [7, 11) is 2.13. The van der Waals surface area contributed by atoms with Gasteiger partial charge in [-0.15, -0.1) is 0 Å². The molecule has 1 aromatic carbocycles. The zero-order valence-electron chi connectivity index (χ0n) is 14.0. The highest BCUT2D eigenvalue weighted by atomic mass is 16.2. The molecule has 1 aromatic heterocycles. The molecule has 3 rings (SSSR count). The van der Waals surface area contributed by atoms with Crippen LogP contribution < -0.4 is 0 Å². The third-order valence-corrected chi connectivity index (χ3v) is 4.79. The second-order valence-electron chi connectivity index (χ2n) is 6.34. The molecule has 5 heteroatoms. The van der Waals surface area contributed by atoms with Gasteiger partial charge in [0.25, 0.3) is 0 Å². The Kier molecular flexibility index (Phi) is 4.48. The average Bonchev–Trinajstić information content (AvgIpc) is 2.88. The van der Waals surface area contributed by atoms with Crippen molar-refractivity contribution in [2.24, 2.45) is 0 Å². The quantitative estimate of drug-likeness (QED) is 0.944. The number of aromatic amines is 1. The fourth-order valence-corrected chi connectivity index (χ4v) is 3.23. The second-order valence-corrected chi connectivity index (χ2v) is 6.34. The van der Waals surface area contributed by atoms with Gasteiger partial charge in [-0.3, -0.25) is 14.8 Å². The number of carbonyl (C=O) groups is 1. The van der Waals surface area contributed by atoms with Crippen molar-refractivity contribution in [3.05, 3.63) is 52.8 Å². The molecule has 0 saturated carbocycles. The summed E-state index contributed by atoms with van der Waals surface area (Å²) in [5.41, 5.74) is 4.21. The van der Waals surface area contributed by atoms with Crippen LogP contribution in [0.3, 0.4) is 0 Å². The third-order valence-electron chi connectivity index (χ3n) is 4.79. The predicted octanol–water partition coefficient (Wildman–Crippen LogP) is 2.08. The zero-order chi connectivity index (χ0) is 16.4. The molecule has 1 amide bonds. The first kappa shape index (κ1) is 15.7. The Morgan fingerprint density at radius 3 is 2.65 bits per heavy atom. The van der Waals surface area contributed by atoms with Gasteiger partial charge in [-0.1, -0.05) is 30.3 Å². The van der Waals surface area contributed by atoms with Gasteiger partial charge >= 0.3 is 0 Å². The number of benzene rings is 1. The SMILES string of the molecule is Cc1n[nH]c(C)c1CC(=O)N1CCN(C)[C@@H](c2ccccc2)C1. The standard InChI is InChI=1S/C18H24N4O/c1-13-16(14(2)20-19-13)11-18(23)22-10-9-21(3)17(12-22)15-7-5-4-6-8-15/h4-8,17H,9-12H2,1-3H3,(H,19,20)/t17-/m1/s1. The van der Waals surface area contributed by atoms with Crippen LogP contribution in [0.4, 0.5) is 0 Å². The predicted molar refractivity (Wildman–Crippen MR) is 90.2 cm³/mol. The van der Waals surface area contributed by atoms with Gasteiger partial charge in [0.1, 0.15) is 0 Å². The molecule has 1 N–H and O–H groups in total. The first-order valence-corrected chi connectivity index (χ1v) is 8.09. The molecule has 2 heterocycles. The highest BCUT2D eigenvalue weighted by molar-refractivity contribution is 5.79. The van der Waals surface area contributed by atoms with Gasteiger partial charge in [0, 0.05) is 30.9 Å². The van der Waals surface area contributed by atoms with Crippen molar-refractivity contribution in [2.45, 2.75) is 26.3 Å². The summed E-state index contributed by atoms with van der Waals surface area (Å²) < 4.78 is 0. The van der Waals surface area contributed by atoms with E-state index in [0.717, 1.165) is 36.6 Å². The molecule has 0 spiro atoms. The van der Waals surface area contributed by atoms with Crippen molar-refractivity contribution < 1.29 is 4.79 Å². The van der Waals surface area contributed by atoms with Crippen LogP contribution in [-0.4, -0.2) is 52.6 Å². The molecule has 23 heavy (non-hydrogen) atoms. The summed E-state index contributed by atoms with van der Waals surface area (Å²) in [4.78, 5) is 17.0. The van der Waals surface area contributed by atoms with Crippen LogP contribution in [0.5, 0.6) is 0 Å². The lowest BCUT2D eigenvalue weighted by Crippen LogP contribution is -2.49. The van der Waals surface area contributed by atoms with E-state index in [-0.39, 0.29) is 11.9 Å². The number of aryl methyl sites for hydroxylation is 2. The van der Waals surface area contributed by atoms with Crippen LogP contribution in [0.25, 0.3) is 0 Å². The largest absolute Gasteiger partial charge is 0.339 e. The molecule has 0 radical (unpaired) electrons. The number of hydrogen-bond donors (Lipinski definition) is 1. The number of rotatable bonds is 3. The Hall–Kier alpha value is -2.14. The van der Waals surface area contributed by atoms with E-state index in [1.54, 1.807) is 0 Å². The highest BCUT2D eigenvalue weighted by Gasteiger charge is 2.28. The smallest absolute Gasteiger partial charge is 0.227 e. The molecule has 0 bridgehead atoms. The molecule has 1 fully saturated rings. The number of hydrogen-bond acceptors (Lipinski definition) is 3. The first-order chi connectivity index (χ1) is 11.1. The van der Waals surface area contributed by atoms with E-state index in [2.05, 4.69) is 46.4 Å². The maximum absolute atomic E-state index is 12.7. The Labute approximate surface area is 137 Å². The summed E-state index contributed by atoms with van der Waals surface area (Å²) in [5.74, 6) is 0.187. The second kappa shape index (κ2) is 6.54. The van der Waals surface area contributed by atoms with Crippen molar-refractivity contribution in [3.8, 4) is 0 Å². The van der Waals surface area contributed by atoms with E-state index in [1.165, 1.54) is 5.56 Å². The normalized spacial score (nSPS) is 19.1. The monoisotopic (exact) mass is 312 g/mol. The topological polar surface area (TPSA) is 52.2 Å². The minimum atomic E-state index is 0.187. The van der Waals surface area contributed by atoms with Gasteiger partial charge in [-0.2, -0.15) is 5.10 Å². The molecule has 1 atom stereocenters. The molecular formula is C18H24N4O. The Bertz CT molecular complexity index is 660. The van der Waals surface area contributed by atoms with Gasteiger partial charge in [-0.25, -0.2) is 0 Å². The molecule has 2 aromatic rings. The fraction of sp³-hybridized carbons (Fsp3) is 0.444. The lowest BCUT2D eigenvalue weighted by molar-refractivity contribution is -0.133. The lowest BCUT2D eigenvalue weighted by Gasteiger charge is -2.39. The van der Waals surface area contributed by atoms with E-state index in [0.29, 0.717) is 6.42 Å². The fourth-order valence-electron chi connectivity index (χ4n) is 3.23. The highest BCUT2D eigenvalue weighted by Crippen LogP contribution is 2.24. The number of nitrogens with one attached hydrogen (secondary N) is 1. The van der Waals surface area contributed by atoms with Crippen LogP contribution in [0.1, 0.15) is 28.6 Å². The maximum atomic E-state index is 12.7. The number of carbonyl (C=O) groups excluding carboxylic acids is 1. The number of amides is 1. The summed E-state index contributed by atoms with van der Waals surface area (Å²) >= 11 is 0. The number of piperazine rings is 1. The Morgan fingerprint density at radius 1 is 1.26 bits per heavy atom. The third kappa shape index (κ3) is 3.29. The van der Waals surface area contributed by atoms with E-state index >= 15 is 0 Å². The van der Waals surface area contributed by atoms with Crippen molar-refractivity contribution in [1.82, 2.24) is 20.0 Å². The Balaban J connectivity index is 1.72. The van der Waals surface area contributed by atoms with Crippen molar-refractivity contribution in [2.75, 3.05) is 26.7 Å². The summed E-state index contributed by atoms with van der Waals surface area (Å²) in [6.45, 7) is 6.35. The number of likely N-dealkylation sites (N-methyl/N-ethyl adjacent to an activating group) is 1. The van der Waals surface area contributed by atoms with Gasteiger partial charge in [0.15, 0.2) is 0 Å². The van der Waals surface area contributed by atoms with Gasteiger partial charge in [-0.05, 0) is 26.5 Å². The molecule has 5 nitrogen and oxygen atoms in total. The molecule has 1 aliphatic heterocycles. The van der Waals surface area contributed by atoms with Crippen molar-refractivity contribution >= 4 is 5.91 Å². The van der Waals surface area contributed by atoms with E-state index in [1.807, 2.05) is 24.8 Å². The molecule has 1 aliphatic rings. The average molecular weight is 312 g/mol.